The predicted molar refractivity (Wildman–Crippen MR) is 50.0 cm³/mol. The van der Waals surface area contributed by atoms with Gasteiger partial charge in [-0.15, -0.1) is 13.2 Å². The standard InChI is InChI=1S/C8H4BrF3N2O/c9-5-1-4(3-13)7(14)6(2-5)15-8(10,11)12/h1-2H,14H2. The second-order valence-corrected chi connectivity index (χ2v) is 3.44. The molecule has 0 heterocycles. The Morgan fingerprint density at radius 2 is 2.00 bits per heavy atom. The highest BCUT2D eigenvalue weighted by Crippen LogP contribution is 2.33. The zero-order chi connectivity index (χ0) is 11.6. The van der Waals surface area contributed by atoms with E-state index < -0.39 is 12.1 Å². The van der Waals surface area contributed by atoms with Crippen LogP contribution in [0.4, 0.5) is 18.9 Å². The van der Waals surface area contributed by atoms with Gasteiger partial charge in [-0.25, -0.2) is 0 Å². The van der Waals surface area contributed by atoms with Gasteiger partial charge in [0, 0.05) is 4.47 Å². The Bertz CT molecular complexity index is 425. The van der Waals surface area contributed by atoms with E-state index in [1.54, 1.807) is 6.07 Å². The van der Waals surface area contributed by atoms with Crippen molar-refractivity contribution in [2.24, 2.45) is 0 Å². The summed E-state index contributed by atoms with van der Waals surface area (Å²) in [6.45, 7) is 0. The summed E-state index contributed by atoms with van der Waals surface area (Å²) in [4.78, 5) is 0. The van der Waals surface area contributed by atoms with Crippen LogP contribution in [0.25, 0.3) is 0 Å². The van der Waals surface area contributed by atoms with Gasteiger partial charge in [0.1, 0.15) is 6.07 Å². The average Bonchev–Trinajstić information content (AvgIpc) is 2.08. The SMILES string of the molecule is N#Cc1cc(Br)cc(OC(F)(F)F)c1N. The third-order valence-electron chi connectivity index (χ3n) is 1.45. The summed E-state index contributed by atoms with van der Waals surface area (Å²) in [5.74, 6) is -0.589. The third-order valence-corrected chi connectivity index (χ3v) is 1.91. The van der Waals surface area contributed by atoms with E-state index in [0.717, 1.165) is 6.07 Å². The van der Waals surface area contributed by atoms with Crippen LogP contribution in [0.15, 0.2) is 16.6 Å². The van der Waals surface area contributed by atoms with Crippen molar-refractivity contribution in [1.29, 1.82) is 5.26 Å². The number of halogens is 4. The second-order valence-electron chi connectivity index (χ2n) is 2.52. The van der Waals surface area contributed by atoms with E-state index in [1.807, 2.05) is 0 Å². The Hall–Kier alpha value is -1.42. The van der Waals surface area contributed by atoms with Gasteiger partial charge >= 0.3 is 6.36 Å². The summed E-state index contributed by atoms with van der Waals surface area (Å²) in [6, 6.07) is 4.01. The molecule has 2 N–H and O–H groups in total. The van der Waals surface area contributed by atoms with E-state index in [1.165, 1.54) is 6.07 Å². The molecule has 0 unspecified atom stereocenters. The van der Waals surface area contributed by atoms with E-state index in [9.17, 15) is 13.2 Å². The molecule has 7 heteroatoms. The first-order chi connectivity index (χ1) is 6.83. The van der Waals surface area contributed by atoms with Crippen LogP contribution < -0.4 is 10.5 Å². The first kappa shape index (κ1) is 11.7. The van der Waals surface area contributed by atoms with Gasteiger partial charge in [0.15, 0.2) is 5.75 Å². The van der Waals surface area contributed by atoms with Crippen LogP contribution in [-0.4, -0.2) is 6.36 Å². The predicted octanol–water partition coefficient (Wildman–Crippen LogP) is 2.80. The molecule has 0 aliphatic rings. The topological polar surface area (TPSA) is 59.0 Å². The maximum absolute atomic E-state index is 11.9. The fourth-order valence-corrected chi connectivity index (χ4v) is 1.33. The van der Waals surface area contributed by atoms with Gasteiger partial charge in [0.05, 0.1) is 11.3 Å². The third kappa shape index (κ3) is 3.02. The molecule has 0 amide bonds. The number of nitrogen functional groups attached to an aromatic ring is 1. The minimum Gasteiger partial charge on any atom is -0.403 e. The van der Waals surface area contributed by atoms with E-state index in [2.05, 4.69) is 20.7 Å². The van der Waals surface area contributed by atoms with Gasteiger partial charge < -0.3 is 10.5 Å². The van der Waals surface area contributed by atoms with E-state index in [4.69, 9.17) is 11.0 Å². The molecule has 0 aliphatic carbocycles. The molecule has 0 aromatic heterocycles. The zero-order valence-corrected chi connectivity index (χ0v) is 8.69. The van der Waals surface area contributed by atoms with Crippen molar-refractivity contribution < 1.29 is 17.9 Å². The van der Waals surface area contributed by atoms with Crippen LogP contribution in [0.2, 0.25) is 0 Å². The fourth-order valence-electron chi connectivity index (χ4n) is 0.895. The van der Waals surface area contributed by atoms with Gasteiger partial charge in [0.25, 0.3) is 0 Å². The van der Waals surface area contributed by atoms with Crippen molar-refractivity contribution in [3.05, 3.63) is 22.2 Å². The lowest BCUT2D eigenvalue weighted by molar-refractivity contribution is -0.274. The van der Waals surface area contributed by atoms with E-state index >= 15 is 0 Å². The number of nitrogens with two attached hydrogens (primary N) is 1. The van der Waals surface area contributed by atoms with Crippen LogP contribution in [0.5, 0.6) is 5.75 Å². The largest absolute Gasteiger partial charge is 0.573 e. The average molecular weight is 281 g/mol. The van der Waals surface area contributed by atoms with Crippen LogP contribution in [-0.2, 0) is 0 Å². The van der Waals surface area contributed by atoms with Crippen LogP contribution in [0, 0.1) is 11.3 Å². The lowest BCUT2D eigenvalue weighted by atomic mass is 10.2. The minimum absolute atomic E-state index is 0.0800. The molecule has 0 radical (unpaired) electrons. The summed E-state index contributed by atoms with van der Waals surface area (Å²) in [5, 5.41) is 8.58. The zero-order valence-electron chi connectivity index (χ0n) is 7.10. The molecular formula is C8H4BrF3N2O. The molecule has 0 bridgehead atoms. The Kier molecular flexibility index (Phi) is 3.09. The van der Waals surface area contributed by atoms with E-state index in [0.29, 0.717) is 0 Å². The number of nitrogens with zero attached hydrogens (tertiary/aromatic N) is 1. The molecule has 0 saturated heterocycles. The molecule has 0 atom stereocenters. The van der Waals surface area contributed by atoms with Crippen molar-refractivity contribution in [3.8, 4) is 11.8 Å². The Morgan fingerprint density at radius 1 is 1.40 bits per heavy atom. The van der Waals surface area contributed by atoms with Gasteiger partial charge in [-0.05, 0) is 12.1 Å². The molecular weight excluding hydrogens is 277 g/mol. The highest BCUT2D eigenvalue weighted by molar-refractivity contribution is 9.10. The summed E-state index contributed by atoms with van der Waals surface area (Å²) >= 11 is 2.94. The number of ether oxygens (including phenoxy) is 1. The quantitative estimate of drug-likeness (QED) is 0.805. The number of nitriles is 1. The number of rotatable bonds is 1. The van der Waals surface area contributed by atoms with Crippen LogP contribution >= 0.6 is 15.9 Å². The smallest absolute Gasteiger partial charge is 0.403 e. The Balaban J connectivity index is 3.20. The molecule has 0 aliphatic heterocycles. The van der Waals surface area contributed by atoms with Crippen molar-refractivity contribution in [1.82, 2.24) is 0 Å². The maximum atomic E-state index is 11.9. The van der Waals surface area contributed by atoms with Crippen LogP contribution in [0.3, 0.4) is 0 Å². The molecule has 3 nitrogen and oxygen atoms in total. The monoisotopic (exact) mass is 280 g/mol. The molecule has 0 spiro atoms. The first-order valence-electron chi connectivity index (χ1n) is 3.58. The molecule has 1 aromatic carbocycles. The van der Waals surface area contributed by atoms with Gasteiger partial charge in [0.2, 0.25) is 0 Å². The molecule has 1 aromatic rings. The van der Waals surface area contributed by atoms with Gasteiger partial charge in [-0.1, -0.05) is 15.9 Å². The Labute approximate surface area is 91.4 Å². The summed E-state index contributed by atoms with van der Waals surface area (Å²) in [7, 11) is 0. The minimum atomic E-state index is -4.83. The van der Waals surface area contributed by atoms with Gasteiger partial charge in [-0.2, -0.15) is 5.26 Å². The van der Waals surface area contributed by atoms with E-state index in [-0.39, 0.29) is 15.7 Å². The molecule has 0 fully saturated rings. The summed E-state index contributed by atoms with van der Waals surface area (Å²) in [6.07, 6.45) is -4.83. The maximum Gasteiger partial charge on any atom is 0.573 e. The first-order valence-corrected chi connectivity index (χ1v) is 4.37. The Morgan fingerprint density at radius 3 is 2.47 bits per heavy atom. The number of alkyl halides is 3. The van der Waals surface area contributed by atoms with Crippen molar-refractivity contribution >= 4 is 21.6 Å². The summed E-state index contributed by atoms with van der Waals surface area (Å²) in [5.41, 5.74) is 4.89. The molecule has 15 heavy (non-hydrogen) atoms. The molecule has 0 saturated carbocycles. The number of hydrogen-bond acceptors (Lipinski definition) is 3. The number of benzene rings is 1. The lowest BCUT2D eigenvalue weighted by Gasteiger charge is -2.12. The van der Waals surface area contributed by atoms with Crippen molar-refractivity contribution in [2.45, 2.75) is 6.36 Å². The second kappa shape index (κ2) is 3.98. The molecule has 1 rings (SSSR count). The number of anilines is 1. The number of hydrogen-bond donors (Lipinski definition) is 1. The highest BCUT2D eigenvalue weighted by atomic mass is 79.9. The van der Waals surface area contributed by atoms with Crippen molar-refractivity contribution in [3.63, 3.8) is 0 Å². The van der Waals surface area contributed by atoms with Crippen molar-refractivity contribution in [2.75, 3.05) is 5.73 Å². The summed E-state index contributed by atoms with van der Waals surface area (Å²) < 4.78 is 39.7. The normalized spacial score (nSPS) is 10.9. The fraction of sp³-hybridized carbons (Fsp3) is 0.125. The van der Waals surface area contributed by atoms with Gasteiger partial charge in [-0.3, -0.25) is 0 Å². The van der Waals surface area contributed by atoms with Crippen LogP contribution in [0.1, 0.15) is 5.56 Å². The lowest BCUT2D eigenvalue weighted by Crippen LogP contribution is -2.18. The highest BCUT2D eigenvalue weighted by Gasteiger charge is 2.32. The molecule has 80 valence electrons.